The number of hydrogen-bond donors (Lipinski definition) is 2. The first-order valence-corrected chi connectivity index (χ1v) is 6.10. The molecule has 1 heterocycles. The molecule has 2 rings (SSSR count). The van der Waals surface area contributed by atoms with Gasteiger partial charge in [0.05, 0.1) is 17.3 Å². The molecule has 3 N–H and O–H groups in total. The standard InChI is InChI=1S/C12H16ClN3O/c13-10-4-3-9(7-11(10)14)15-12(17)8-16-5-1-2-6-16/h3-4,7H,1-2,5-6,8,14H2,(H,15,17). The first-order chi connectivity index (χ1) is 8.15. The summed E-state index contributed by atoms with van der Waals surface area (Å²) in [4.78, 5) is 13.9. The summed E-state index contributed by atoms with van der Waals surface area (Å²) >= 11 is 5.81. The molecule has 0 aliphatic carbocycles. The highest BCUT2D eigenvalue weighted by Gasteiger charge is 2.15. The average molecular weight is 254 g/mol. The van der Waals surface area contributed by atoms with Gasteiger partial charge in [-0.1, -0.05) is 11.6 Å². The van der Waals surface area contributed by atoms with Crippen LogP contribution in [0.15, 0.2) is 18.2 Å². The van der Waals surface area contributed by atoms with E-state index in [4.69, 9.17) is 17.3 Å². The molecule has 1 saturated heterocycles. The van der Waals surface area contributed by atoms with Gasteiger partial charge < -0.3 is 11.1 Å². The molecule has 4 nitrogen and oxygen atoms in total. The maximum atomic E-state index is 11.7. The molecule has 1 aromatic carbocycles. The van der Waals surface area contributed by atoms with Gasteiger partial charge in [0.15, 0.2) is 0 Å². The van der Waals surface area contributed by atoms with Gasteiger partial charge >= 0.3 is 0 Å². The van der Waals surface area contributed by atoms with Crippen LogP contribution in [-0.4, -0.2) is 30.4 Å². The molecule has 0 unspecified atom stereocenters. The summed E-state index contributed by atoms with van der Waals surface area (Å²) in [6.07, 6.45) is 2.36. The van der Waals surface area contributed by atoms with E-state index in [1.54, 1.807) is 18.2 Å². The van der Waals surface area contributed by atoms with Gasteiger partial charge in [-0.2, -0.15) is 0 Å². The number of hydrogen-bond acceptors (Lipinski definition) is 3. The number of nitrogens with one attached hydrogen (secondary N) is 1. The molecular formula is C12H16ClN3O. The van der Waals surface area contributed by atoms with E-state index >= 15 is 0 Å². The van der Waals surface area contributed by atoms with E-state index < -0.39 is 0 Å². The molecule has 92 valence electrons. The highest BCUT2D eigenvalue weighted by atomic mass is 35.5. The molecule has 0 aromatic heterocycles. The van der Waals surface area contributed by atoms with Crippen LogP contribution in [0.4, 0.5) is 11.4 Å². The summed E-state index contributed by atoms with van der Waals surface area (Å²) in [6.45, 7) is 2.47. The Labute approximate surface area is 106 Å². The second-order valence-electron chi connectivity index (χ2n) is 4.27. The summed E-state index contributed by atoms with van der Waals surface area (Å²) in [5.41, 5.74) is 6.83. The predicted octanol–water partition coefficient (Wildman–Crippen LogP) is 1.96. The van der Waals surface area contributed by atoms with Crippen molar-refractivity contribution >= 4 is 28.9 Å². The van der Waals surface area contributed by atoms with Gasteiger partial charge in [0.2, 0.25) is 5.91 Å². The largest absolute Gasteiger partial charge is 0.397 e. The molecule has 0 saturated carbocycles. The van der Waals surface area contributed by atoms with E-state index in [9.17, 15) is 4.79 Å². The number of benzene rings is 1. The topological polar surface area (TPSA) is 58.4 Å². The number of halogens is 1. The molecule has 0 atom stereocenters. The van der Waals surface area contributed by atoms with Crippen LogP contribution in [0, 0.1) is 0 Å². The van der Waals surface area contributed by atoms with Crippen molar-refractivity contribution in [3.8, 4) is 0 Å². The molecule has 1 aromatic rings. The Balaban J connectivity index is 1.90. The number of nitrogen functional groups attached to an aromatic ring is 1. The Morgan fingerprint density at radius 3 is 2.76 bits per heavy atom. The number of likely N-dealkylation sites (tertiary alicyclic amines) is 1. The van der Waals surface area contributed by atoms with Gasteiger partial charge in [-0.05, 0) is 44.1 Å². The monoisotopic (exact) mass is 253 g/mol. The highest BCUT2D eigenvalue weighted by Crippen LogP contribution is 2.22. The number of nitrogens with two attached hydrogens (primary N) is 1. The third-order valence-electron chi connectivity index (χ3n) is 2.85. The van der Waals surface area contributed by atoms with Crippen LogP contribution in [0.5, 0.6) is 0 Å². The second-order valence-corrected chi connectivity index (χ2v) is 4.67. The van der Waals surface area contributed by atoms with Crippen molar-refractivity contribution in [2.24, 2.45) is 0 Å². The van der Waals surface area contributed by atoms with E-state index in [2.05, 4.69) is 10.2 Å². The zero-order chi connectivity index (χ0) is 12.3. The molecule has 1 fully saturated rings. The van der Waals surface area contributed by atoms with E-state index in [-0.39, 0.29) is 5.91 Å². The maximum Gasteiger partial charge on any atom is 0.238 e. The van der Waals surface area contributed by atoms with Crippen molar-refractivity contribution < 1.29 is 4.79 Å². The molecule has 17 heavy (non-hydrogen) atoms. The summed E-state index contributed by atoms with van der Waals surface area (Å²) in [7, 11) is 0. The van der Waals surface area contributed by atoms with Gasteiger partial charge in [0.25, 0.3) is 0 Å². The van der Waals surface area contributed by atoms with Gasteiger partial charge in [0, 0.05) is 5.69 Å². The molecule has 0 radical (unpaired) electrons. The predicted molar refractivity (Wildman–Crippen MR) is 70.2 cm³/mol. The highest BCUT2D eigenvalue weighted by molar-refractivity contribution is 6.33. The Morgan fingerprint density at radius 2 is 2.12 bits per heavy atom. The zero-order valence-electron chi connectivity index (χ0n) is 9.58. The number of rotatable bonds is 3. The molecule has 1 aliphatic rings. The van der Waals surface area contributed by atoms with E-state index in [0.717, 1.165) is 13.1 Å². The lowest BCUT2D eigenvalue weighted by molar-refractivity contribution is -0.117. The lowest BCUT2D eigenvalue weighted by Crippen LogP contribution is -2.30. The van der Waals surface area contributed by atoms with Crippen LogP contribution < -0.4 is 11.1 Å². The normalized spacial score (nSPS) is 16.1. The first-order valence-electron chi connectivity index (χ1n) is 5.72. The minimum Gasteiger partial charge on any atom is -0.397 e. The molecule has 0 spiro atoms. The van der Waals surface area contributed by atoms with Crippen LogP contribution in [0.25, 0.3) is 0 Å². The Bertz CT molecular complexity index is 416. The van der Waals surface area contributed by atoms with Crippen LogP contribution >= 0.6 is 11.6 Å². The van der Waals surface area contributed by atoms with Gasteiger partial charge in [0.1, 0.15) is 0 Å². The summed E-state index contributed by atoms with van der Waals surface area (Å²) in [5.74, 6) is -0.00591. The second kappa shape index (κ2) is 5.38. The fraction of sp³-hybridized carbons (Fsp3) is 0.417. The lowest BCUT2D eigenvalue weighted by Gasteiger charge is -2.14. The van der Waals surface area contributed by atoms with Crippen molar-refractivity contribution in [1.82, 2.24) is 4.90 Å². The van der Waals surface area contributed by atoms with Crippen LogP contribution in [0.3, 0.4) is 0 Å². The first kappa shape index (κ1) is 12.2. The minimum atomic E-state index is -0.00591. The number of anilines is 2. The number of carbonyl (C=O) groups is 1. The van der Waals surface area contributed by atoms with Crippen molar-refractivity contribution in [3.63, 3.8) is 0 Å². The summed E-state index contributed by atoms with van der Waals surface area (Å²) < 4.78 is 0. The van der Waals surface area contributed by atoms with E-state index in [1.807, 2.05) is 0 Å². The van der Waals surface area contributed by atoms with Crippen LogP contribution in [0.2, 0.25) is 5.02 Å². The zero-order valence-corrected chi connectivity index (χ0v) is 10.3. The lowest BCUT2D eigenvalue weighted by atomic mass is 10.3. The van der Waals surface area contributed by atoms with Crippen LogP contribution in [-0.2, 0) is 4.79 Å². The molecule has 1 aliphatic heterocycles. The molecule has 0 bridgehead atoms. The Morgan fingerprint density at radius 1 is 1.41 bits per heavy atom. The number of amides is 1. The smallest absolute Gasteiger partial charge is 0.238 e. The third kappa shape index (κ3) is 3.35. The minimum absolute atomic E-state index is 0.00591. The summed E-state index contributed by atoms with van der Waals surface area (Å²) in [5, 5.41) is 3.32. The SMILES string of the molecule is Nc1cc(NC(=O)CN2CCCC2)ccc1Cl. The van der Waals surface area contributed by atoms with Crippen molar-refractivity contribution in [3.05, 3.63) is 23.2 Å². The molecule has 5 heteroatoms. The quantitative estimate of drug-likeness (QED) is 0.810. The average Bonchev–Trinajstić information content (AvgIpc) is 2.76. The van der Waals surface area contributed by atoms with Crippen molar-refractivity contribution in [1.29, 1.82) is 0 Å². The van der Waals surface area contributed by atoms with Gasteiger partial charge in [-0.15, -0.1) is 0 Å². The van der Waals surface area contributed by atoms with Gasteiger partial charge in [-0.25, -0.2) is 0 Å². The summed E-state index contributed by atoms with van der Waals surface area (Å²) in [6, 6.07) is 5.10. The Hall–Kier alpha value is -1.26. The molecule has 1 amide bonds. The fourth-order valence-electron chi connectivity index (χ4n) is 1.97. The number of nitrogens with zero attached hydrogens (tertiary/aromatic N) is 1. The Kier molecular flexibility index (Phi) is 3.86. The third-order valence-corrected chi connectivity index (χ3v) is 3.19. The maximum absolute atomic E-state index is 11.7. The van der Waals surface area contributed by atoms with Crippen molar-refractivity contribution in [2.45, 2.75) is 12.8 Å². The van der Waals surface area contributed by atoms with Crippen LogP contribution in [0.1, 0.15) is 12.8 Å². The van der Waals surface area contributed by atoms with E-state index in [1.165, 1.54) is 12.8 Å². The van der Waals surface area contributed by atoms with Gasteiger partial charge in [-0.3, -0.25) is 9.69 Å². The number of carbonyl (C=O) groups excluding carboxylic acids is 1. The fourth-order valence-corrected chi connectivity index (χ4v) is 2.08. The van der Waals surface area contributed by atoms with E-state index in [0.29, 0.717) is 22.9 Å². The van der Waals surface area contributed by atoms with Crippen molar-refractivity contribution in [2.75, 3.05) is 30.7 Å². The molecular weight excluding hydrogens is 238 g/mol.